The van der Waals surface area contributed by atoms with Gasteiger partial charge in [-0.05, 0) is 45.2 Å². The number of nitrogens with zero attached hydrogens (tertiary/aromatic N) is 1. The van der Waals surface area contributed by atoms with Gasteiger partial charge in [0, 0.05) is 11.8 Å². The SMILES string of the molecule is Cc1ccccc1OP(=O)(NC(C)C(=O)O)OC[C@@H]1CC[C@H](n2cc(C)c(=O)[nH]c2=O)O1. The molecule has 0 radical (unpaired) electrons. The van der Waals surface area contributed by atoms with E-state index in [4.69, 9.17) is 13.8 Å². The summed E-state index contributed by atoms with van der Waals surface area (Å²) < 4.78 is 31.6. The van der Waals surface area contributed by atoms with Gasteiger partial charge < -0.3 is 14.4 Å². The fourth-order valence-corrected chi connectivity index (χ4v) is 4.76. The van der Waals surface area contributed by atoms with Crippen molar-refractivity contribution in [1.82, 2.24) is 14.6 Å². The molecule has 0 saturated carbocycles. The van der Waals surface area contributed by atoms with E-state index in [1.54, 1.807) is 38.1 Å². The number of H-pyrrole nitrogens is 1. The number of rotatable bonds is 9. The minimum atomic E-state index is -4.07. The standard InChI is InChI=1S/C20H26N3O8P/c1-12-6-4-5-7-16(12)31-32(28,22-14(3)19(25)26)29-11-15-8-9-17(30-15)23-10-13(2)18(24)21-20(23)27/h4-7,10,14-15,17H,8-9,11H2,1-3H3,(H,22,28)(H,25,26)(H,21,24,27)/t14?,15-,17+,32?/m0/s1. The van der Waals surface area contributed by atoms with Crippen LogP contribution in [-0.2, 0) is 18.6 Å². The average Bonchev–Trinajstić information content (AvgIpc) is 3.20. The lowest BCUT2D eigenvalue weighted by Gasteiger charge is -2.24. The molecule has 0 amide bonds. The van der Waals surface area contributed by atoms with Crippen molar-refractivity contribution in [2.45, 2.75) is 52.0 Å². The summed E-state index contributed by atoms with van der Waals surface area (Å²) in [4.78, 5) is 37.2. The molecule has 0 aliphatic carbocycles. The fourth-order valence-electron chi connectivity index (χ4n) is 3.17. The molecule has 1 aliphatic heterocycles. The maximum Gasteiger partial charge on any atom is 0.459 e. The Kier molecular flexibility index (Phi) is 7.35. The molecular weight excluding hydrogens is 441 g/mol. The molecule has 4 atom stereocenters. The lowest BCUT2D eigenvalue weighted by atomic mass is 10.2. The maximum atomic E-state index is 13.3. The molecule has 1 aliphatic rings. The van der Waals surface area contributed by atoms with Crippen molar-refractivity contribution < 1.29 is 28.3 Å². The predicted octanol–water partition coefficient (Wildman–Crippen LogP) is 2.10. The first-order valence-corrected chi connectivity index (χ1v) is 11.6. The molecule has 2 heterocycles. The normalized spacial score (nSPS) is 21.1. The first kappa shape index (κ1) is 23.9. The number of para-hydroxylation sites is 1. The number of carbonyl (C=O) groups is 1. The Morgan fingerprint density at radius 2 is 2.03 bits per heavy atom. The van der Waals surface area contributed by atoms with Crippen molar-refractivity contribution in [2.75, 3.05) is 6.61 Å². The Labute approximate surface area is 183 Å². The van der Waals surface area contributed by atoms with E-state index in [2.05, 4.69) is 10.1 Å². The second-order valence-electron chi connectivity index (χ2n) is 7.61. The largest absolute Gasteiger partial charge is 0.480 e. The molecule has 1 aromatic carbocycles. The van der Waals surface area contributed by atoms with Crippen molar-refractivity contribution in [2.24, 2.45) is 0 Å². The van der Waals surface area contributed by atoms with Crippen LogP contribution in [0.1, 0.15) is 37.1 Å². The second-order valence-corrected chi connectivity index (χ2v) is 9.30. The highest BCUT2D eigenvalue weighted by molar-refractivity contribution is 7.52. The molecule has 32 heavy (non-hydrogen) atoms. The third-order valence-electron chi connectivity index (χ3n) is 5.01. The van der Waals surface area contributed by atoms with E-state index in [-0.39, 0.29) is 6.61 Å². The summed E-state index contributed by atoms with van der Waals surface area (Å²) in [5.74, 6) is -0.923. The maximum absolute atomic E-state index is 13.3. The number of hydrogen-bond acceptors (Lipinski definition) is 7. The van der Waals surface area contributed by atoms with Crippen LogP contribution in [0.25, 0.3) is 0 Å². The zero-order valence-electron chi connectivity index (χ0n) is 17.9. The monoisotopic (exact) mass is 467 g/mol. The molecule has 0 spiro atoms. The number of ether oxygens (including phenoxy) is 1. The van der Waals surface area contributed by atoms with E-state index in [0.717, 1.165) is 0 Å². The molecule has 1 fully saturated rings. The number of carboxylic acid groups (broad SMARTS) is 1. The first-order valence-electron chi connectivity index (χ1n) is 10.1. The number of hydrogen-bond donors (Lipinski definition) is 3. The number of aliphatic carboxylic acids is 1. The molecular formula is C20H26N3O8P. The van der Waals surface area contributed by atoms with Gasteiger partial charge >= 0.3 is 19.4 Å². The van der Waals surface area contributed by atoms with Gasteiger partial charge in [-0.2, -0.15) is 5.09 Å². The van der Waals surface area contributed by atoms with Gasteiger partial charge in [0.2, 0.25) is 0 Å². The number of aryl methyl sites for hydroxylation is 2. The van der Waals surface area contributed by atoms with Crippen LogP contribution in [0, 0.1) is 13.8 Å². The Morgan fingerprint density at radius 3 is 2.72 bits per heavy atom. The van der Waals surface area contributed by atoms with Crippen LogP contribution in [0.15, 0.2) is 40.1 Å². The Hall–Kier alpha value is -2.72. The van der Waals surface area contributed by atoms with Crippen molar-refractivity contribution in [3.63, 3.8) is 0 Å². The highest BCUT2D eigenvalue weighted by atomic mass is 31.2. The Morgan fingerprint density at radius 1 is 1.31 bits per heavy atom. The lowest BCUT2D eigenvalue weighted by molar-refractivity contribution is -0.138. The number of aromatic nitrogens is 2. The highest BCUT2D eigenvalue weighted by Gasteiger charge is 2.35. The molecule has 3 rings (SSSR count). The number of nitrogens with one attached hydrogen (secondary N) is 2. The summed E-state index contributed by atoms with van der Waals surface area (Å²) in [5.41, 5.74) is 0.0247. The summed E-state index contributed by atoms with van der Waals surface area (Å²) in [7, 11) is -4.07. The van der Waals surface area contributed by atoms with Crippen molar-refractivity contribution in [3.05, 3.63) is 62.4 Å². The summed E-state index contributed by atoms with van der Waals surface area (Å²) in [6, 6.07) is 5.65. The second kappa shape index (κ2) is 9.83. The Balaban J connectivity index is 1.71. The number of benzene rings is 1. The Bertz CT molecular complexity index is 1140. The first-order chi connectivity index (χ1) is 15.1. The molecule has 3 N–H and O–H groups in total. The van der Waals surface area contributed by atoms with E-state index < -0.39 is 43.3 Å². The van der Waals surface area contributed by atoms with Crippen LogP contribution in [0.5, 0.6) is 5.75 Å². The minimum absolute atomic E-state index is 0.157. The van der Waals surface area contributed by atoms with E-state index in [1.165, 1.54) is 17.7 Å². The summed E-state index contributed by atoms with van der Waals surface area (Å²) in [5, 5.41) is 11.6. The molecule has 2 aromatic rings. The van der Waals surface area contributed by atoms with Crippen molar-refractivity contribution in [1.29, 1.82) is 0 Å². The van der Waals surface area contributed by atoms with Crippen molar-refractivity contribution >= 4 is 13.7 Å². The molecule has 2 unspecified atom stereocenters. The third kappa shape index (κ3) is 5.74. The number of aromatic amines is 1. The molecule has 12 heteroatoms. The van der Waals surface area contributed by atoms with Gasteiger partial charge in [0.15, 0.2) is 0 Å². The summed E-state index contributed by atoms with van der Waals surface area (Å²) in [6.45, 7) is 4.51. The average molecular weight is 467 g/mol. The fraction of sp³-hybridized carbons (Fsp3) is 0.450. The molecule has 1 aromatic heterocycles. The van der Waals surface area contributed by atoms with Crippen LogP contribution in [0.4, 0.5) is 0 Å². The van der Waals surface area contributed by atoms with E-state index in [1.807, 2.05) is 0 Å². The zero-order chi connectivity index (χ0) is 23.5. The van der Waals surface area contributed by atoms with Gasteiger partial charge in [0.05, 0.1) is 12.7 Å². The van der Waals surface area contributed by atoms with Crippen LogP contribution in [-0.4, -0.2) is 39.4 Å². The summed E-state index contributed by atoms with van der Waals surface area (Å²) in [6.07, 6.45) is 1.26. The van der Waals surface area contributed by atoms with Crippen LogP contribution in [0.2, 0.25) is 0 Å². The van der Waals surface area contributed by atoms with Gasteiger partial charge in [-0.3, -0.25) is 23.7 Å². The molecule has 1 saturated heterocycles. The lowest BCUT2D eigenvalue weighted by Crippen LogP contribution is -2.34. The van der Waals surface area contributed by atoms with Gasteiger partial charge in [-0.1, -0.05) is 18.2 Å². The van der Waals surface area contributed by atoms with Gasteiger partial charge in [-0.25, -0.2) is 9.36 Å². The van der Waals surface area contributed by atoms with Gasteiger partial charge in [-0.15, -0.1) is 0 Å². The van der Waals surface area contributed by atoms with Gasteiger partial charge in [0.25, 0.3) is 5.56 Å². The minimum Gasteiger partial charge on any atom is -0.480 e. The predicted molar refractivity (Wildman–Crippen MR) is 115 cm³/mol. The van der Waals surface area contributed by atoms with Crippen LogP contribution < -0.4 is 20.9 Å². The summed E-state index contributed by atoms with van der Waals surface area (Å²) >= 11 is 0. The highest BCUT2D eigenvalue weighted by Crippen LogP contribution is 2.46. The van der Waals surface area contributed by atoms with Crippen molar-refractivity contribution in [3.8, 4) is 5.75 Å². The topological polar surface area (TPSA) is 149 Å². The van der Waals surface area contributed by atoms with E-state index in [9.17, 15) is 24.1 Å². The molecule has 0 bridgehead atoms. The quantitative estimate of drug-likeness (QED) is 0.471. The molecule has 11 nitrogen and oxygen atoms in total. The van der Waals surface area contributed by atoms with Crippen LogP contribution in [0.3, 0.4) is 0 Å². The smallest absolute Gasteiger partial charge is 0.459 e. The third-order valence-corrected chi connectivity index (χ3v) is 6.64. The van der Waals surface area contributed by atoms with Crippen LogP contribution >= 0.6 is 7.75 Å². The number of carboxylic acids is 1. The van der Waals surface area contributed by atoms with Gasteiger partial charge in [0.1, 0.15) is 18.0 Å². The molecule has 174 valence electrons. The zero-order valence-corrected chi connectivity index (χ0v) is 18.8. The van der Waals surface area contributed by atoms with E-state index >= 15 is 0 Å². The van der Waals surface area contributed by atoms with E-state index in [0.29, 0.717) is 29.7 Å².